The summed E-state index contributed by atoms with van der Waals surface area (Å²) >= 11 is 0. The fourth-order valence-electron chi connectivity index (χ4n) is 2.88. The molecule has 5 nitrogen and oxygen atoms in total. The Hall–Kier alpha value is -1.36. The van der Waals surface area contributed by atoms with Crippen molar-refractivity contribution in [1.29, 1.82) is 0 Å². The summed E-state index contributed by atoms with van der Waals surface area (Å²) in [6.45, 7) is 4.32. The van der Waals surface area contributed by atoms with Crippen molar-refractivity contribution >= 4 is 11.6 Å². The summed E-state index contributed by atoms with van der Waals surface area (Å²) in [5.41, 5.74) is 2.61. The third-order valence-electron chi connectivity index (χ3n) is 4.00. The van der Waals surface area contributed by atoms with Gasteiger partial charge in [0.25, 0.3) is 0 Å². The third kappa shape index (κ3) is 3.56. The predicted molar refractivity (Wildman–Crippen MR) is 78.9 cm³/mol. The van der Waals surface area contributed by atoms with E-state index in [1.807, 2.05) is 6.07 Å². The van der Waals surface area contributed by atoms with Gasteiger partial charge < -0.3 is 10.7 Å². The standard InChI is InChI=1S/C14H25N5/c1-3-10-7-5-6-8-11(10)16-13-9-14(19-15)18-12(4-2)17-13/h9-11H,3-8,15H2,1-2H3,(H2,16,17,18,19). The lowest BCUT2D eigenvalue weighted by atomic mass is 9.83. The molecular formula is C14H25N5. The van der Waals surface area contributed by atoms with E-state index in [0.717, 1.165) is 24.0 Å². The van der Waals surface area contributed by atoms with Crippen molar-refractivity contribution in [2.24, 2.45) is 11.8 Å². The first-order chi connectivity index (χ1) is 9.26. The molecule has 5 heteroatoms. The van der Waals surface area contributed by atoms with E-state index in [1.165, 1.54) is 32.1 Å². The molecule has 0 aromatic carbocycles. The Labute approximate surface area is 115 Å². The van der Waals surface area contributed by atoms with Crippen LogP contribution >= 0.6 is 0 Å². The molecule has 0 spiro atoms. The zero-order valence-corrected chi connectivity index (χ0v) is 11.9. The molecule has 0 amide bonds. The van der Waals surface area contributed by atoms with Crippen LogP contribution in [0.1, 0.15) is 51.8 Å². The van der Waals surface area contributed by atoms with Crippen molar-refractivity contribution in [3.8, 4) is 0 Å². The molecule has 2 unspecified atom stereocenters. The number of aryl methyl sites for hydroxylation is 1. The second-order valence-corrected chi connectivity index (χ2v) is 5.26. The molecule has 1 fully saturated rings. The quantitative estimate of drug-likeness (QED) is 0.562. The zero-order chi connectivity index (χ0) is 13.7. The lowest BCUT2D eigenvalue weighted by Crippen LogP contribution is -2.32. The largest absolute Gasteiger partial charge is 0.367 e. The van der Waals surface area contributed by atoms with Crippen molar-refractivity contribution in [1.82, 2.24) is 9.97 Å². The summed E-state index contributed by atoms with van der Waals surface area (Å²) in [6.07, 6.45) is 7.26. The highest BCUT2D eigenvalue weighted by molar-refractivity contribution is 5.47. The highest BCUT2D eigenvalue weighted by Crippen LogP contribution is 2.29. The fraction of sp³-hybridized carbons (Fsp3) is 0.714. The van der Waals surface area contributed by atoms with E-state index in [0.29, 0.717) is 11.9 Å². The number of nitrogens with two attached hydrogens (primary N) is 1. The van der Waals surface area contributed by atoms with E-state index in [9.17, 15) is 0 Å². The minimum Gasteiger partial charge on any atom is -0.367 e. The molecule has 1 heterocycles. The van der Waals surface area contributed by atoms with Gasteiger partial charge >= 0.3 is 0 Å². The minimum absolute atomic E-state index is 0.531. The predicted octanol–water partition coefficient (Wildman–Crippen LogP) is 2.71. The summed E-state index contributed by atoms with van der Waals surface area (Å²) in [5, 5.41) is 3.58. The molecule has 0 radical (unpaired) electrons. The van der Waals surface area contributed by atoms with Crippen LogP contribution in [0.4, 0.5) is 11.6 Å². The van der Waals surface area contributed by atoms with Crippen LogP contribution in [0.3, 0.4) is 0 Å². The van der Waals surface area contributed by atoms with Gasteiger partial charge in [0.2, 0.25) is 0 Å². The number of hydrogen-bond acceptors (Lipinski definition) is 5. The number of rotatable bonds is 5. The van der Waals surface area contributed by atoms with E-state index in [-0.39, 0.29) is 0 Å². The van der Waals surface area contributed by atoms with Crippen molar-refractivity contribution in [3.63, 3.8) is 0 Å². The Morgan fingerprint density at radius 1 is 1.21 bits per heavy atom. The van der Waals surface area contributed by atoms with Crippen LogP contribution in [-0.4, -0.2) is 16.0 Å². The van der Waals surface area contributed by atoms with E-state index in [4.69, 9.17) is 5.84 Å². The summed E-state index contributed by atoms with van der Waals surface area (Å²) in [7, 11) is 0. The topological polar surface area (TPSA) is 75.9 Å². The summed E-state index contributed by atoms with van der Waals surface area (Å²) in [6, 6.07) is 2.42. The first kappa shape index (κ1) is 14.1. The molecule has 106 valence electrons. The molecule has 1 aromatic rings. The highest BCUT2D eigenvalue weighted by Gasteiger charge is 2.23. The monoisotopic (exact) mass is 263 g/mol. The fourth-order valence-corrected chi connectivity index (χ4v) is 2.88. The first-order valence-corrected chi connectivity index (χ1v) is 7.37. The highest BCUT2D eigenvalue weighted by atomic mass is 15.3. The van der Waals surface area contributed by atoms with Crippen LogP contribution in [0.2, 0.25) is 0 Å². The van der Waals surface area contributed by atoms with Gasteiger partial charge in [0.15, 0.2) is 0 Å². The van der Waals surface area contributed by atoms with Gasteiger partial charge in [-0.3, -0.25) is 0 Å². The van der Waals surface area contributed by atoms with Crippen molar-refractivity contribution in [2.45, 2.75) is 58.4 Å². The molecule has 1 aromatic heterocycles. The Morgan fingerprint density at radius 3 is 2.63 bits per heavy atom. The second-order valence-electron chi connectivity index (χ2n) is 5.26. The molecule has 0 bridgehead atoms. The number of hydrogen-bond donors (Lipinski definition) is 3. The maximum atomic E-state index is 5.46. The number of nitrogens with one attached hydrogen (secondary N) is 2. The van der Waals surface area contributed by atoms with Crippen molar-refractivity contribution in [2.75, 3.05) is 10.7 Å². The van der Waals surface area contributed by atoms with Gasteiger partial charge in [-0.1, -0.05) is 33.1 Å². The number of hydrazine groups is 1. The van der Waals surface area contributed by atoms with Crippen LogP contribution < -0.4 is 16.6 Å². The lowest BCUT2D eigenvalue weighted by Gasteiger charge is -2.32. The van der Waals surface area contributed by atoms with E-state index >= 15 is 0 Å². The zero-order valence-electron chi connectivity index (χ0n) is 11.9. The Morgan fingerprint density at radius 2 is 1.95 bits per heavy atom. The van der Waals surface area contributed by atoms with E-state index < -0.39 is 0 Å². The number of nitrogen functional groups attached to an aromatic ring is 1. The normalized spacial score (nSPS) is 23.1. The van der Waals surface area contributed by atoms with Gasteiger partial charge in [-0.2, -0.15) is 0 Å². The number of nitrogens with zero attached hydrogens (tertiary/aromatic N) is 2. The molecule has 19 heavy (non-hydrogen) atoms. The van der Waals surface area contributed by atoms with Gasteiger partial charge in [0.05, 0.1) is 0 Å². The average molecular weight is 263 g/mol. The van der Waals surface area contributed by atoms with Crippen molar-refractivity contribution < 1.29 is 0 Å². The Kier molecular flexibility index (Phi) is 4.96. The molecule has 1 aliphatic carbocycles. The van der Waals surface area contributed by atoms with Crippen molar-refractivity contribution in [3.05, 3.63) is 11.9 Å². The van der Waals surface area contributed by atoms with Gasteiger partial charge in [0, 0.05) is 18.5 Å². The molecule has 1 saturated carbocycles. The summed E-state index contributed by atoms with van der Waals surface area (Å²) < 4.78 is 0. The summed E-state index contributed by atoms with van der Waals surface area (Å²) in [5.74, 6) is 8.61. The Bertz CT molecular complexity index is 385. The van der Waals surface area contributed by atoms with Crippen LogP contribution in [-0.2, 0) is 6.42 Å². The SMILES string of the molecule is CCc1nc(NN)cc(NC2CCCCC2CC)n1. The molecule has 4 N–H and O–H groups in total. The lowest BCUT2D eigenvalue weighted by molar-refractivity contribution is 0.317. The number of aromatic nitrogens is 2. The van der Waals surface area contributed by atoms with Crippen LogP contribution in [0.5, 0.6) is 0 Å². The van der Waals surface area contributed by atoms with E-state index in [2.05, 4.69) is 34.6 Å². The smallest absolute Gasteiger partial charge is 0.145 e. The molecule has 2 rings (SSSR count). The maximum absolute atomic E-state index is 5.46. The van der Waals surface area contributed by atoms with Gasteiger partial charge in [-0.15, -0.1) is 0 Å². The third-order valence-corrected chi connectivity index (χ3v) is 4.00. The minimum atomic E-state index is 0.531. The van der Waals surface area contributed by atoms with Gasteiger partial charge in [0.1, 0.15) is 17.5 Å². The van der Waals surface area contributed by atoms with Crippen LogP contribution in [0.15, 0.2) is 6.07 Å². The molecular weight excluding hydrogens is 238 g/mol. The molecule has 0 aliphatic heterocycles. The van der Waals surface area contributed by atoms with E-state index in [1.54, 1.807) is 0 Å². The average Bonchev–Trinajstić information content (AvgIpc) is 2.47. The molecule has 1 aliphatic rings. The van der Waals surface area contributed by atoms with Gasteiger partial charge in [-0.05, 0) is 18.8 Å². The second kappa shape index (κ2) is 6.70. The van der Waals surface area contributed by atoms with Crippen LogP contribution in [0.25, 0.3) is 0 Å². The summed E-state index contributed by atoms with van der Waals surface area (Å²) in [4.78, 5) is 8.86. The van der Waals surface area contributed by atoms with Crippen LogP contribution in [0, 0.1) is 5.92 Å². The Balaban J connectivity index is 2.12. The number of anilines is 2. The molecule has 0 saturated heterocycles. The maximum Gasteiger partial charge on any atom is 0.145 e. The molecule has 2 atom stereocenters. The first-order valence-electron chi connectivity index (χ1n) is 7.37. The van der Waals surface area contributed by atoms with Gasteiger partial charge in [-0.25, -0.2) is 15.8 Å².